The SMILES string of the molecule is CC1CC1CNCC(=O)NCC#N. The van der Waals surface area contributed by atoms with Gasteiger partial charge in [-0.15, -0.1) is 0 Å². The zero-order valence-electron chi connectivity index (χ0n) is 7.84. The van der Waals surface area contributed by atoms with E-state index in [1.54, 1.807) is 0 Å². The third kappa shape index (κ3) is 3.90. The second-order valence-electron chi connectivity index (χ2n) is 3.54. The van der Waals surface area contributed by atoms with Gasteiger partial charge in [-0.05, 0) is 24.8 Å². The molecule has 4 nitrogen and oxygen atoms in total. The summed E-state index contributed by atoms with van der Waals surface area (Å²) in [5, 5.41) is 13.7. The standard InChI is InChI=1S/C9H15N3O/c1-7-4-8(7)5-11-6-9(13)12-3-2-10/h7-8,11H,3-6H2,1H3,(H,12,13). The molecule has 2 atom stereocenters. The highest BCUT2D eigenvalue weighted by molar-refractivity contribution is 5.78. The smallest absolute Gasteiger partial charge is 0.234 e. The van der Waals surface area contributed by atoms with Crippen molar-refractivity contribution in [2.45, 2.75) is 13.3 Å². The molecule has 4 heteroatoms. The van der Waals surface area contributed by atoms with E-state index in [0.717, 1.165) is 18.4 Å². The summed E-state index contributed by atoms with van der Waals surface area (Å²) in [5.74, 6) is 1.47. The van der Waals surface area contributed by atoms with Crippen molar-refractivity contribution in [2.75, 3.05) is 19.6 Å². The minimum absolute atomic E-state index is 0.0976. The molecule has 1 rings (SSSR count). The Morgan fingerprint density at radius 2 is 2.38 bits per heavy atom. The number of nitriles is 1. The molecular weight excluding hydrogens is 166 g/mol. The van der Waals surface area contributed by atoms with Crippen molar-refractivity contribution >= 4 is 5.91 Å². The van der Waals surface area contributed by atoms with Gasteiger partial charge in [0.25, 0.3) is 0 Å². The third-order valence-electron chi connectivity index (χ3n) is 2.33. The maximum Gasteiger partial charge on any atom is 0.234 e. The summed E-state index contributed by atoms with van der Waals surface area (Å²) < 4.78 is 0. The second kappa shape index (κ2) is 4.83. The lowest BCUT2D eigenvalue weighted by Gasteiger charge is -2.02. The monoisotopic (exact) mass is 181 g/mol. The van der Waals surface area contributed by atoms with Gasteiger partial charge in [0.2, 0.25) is 5.91 Å². The Kier molecular flexibility index (Phi) is 3.71. The van der Waals surface area contributed by atoms with Gasteiger partial charge < -0.3 is 10.6 Å². The molecule has 1 aliphatic rings. The van der Waals surface area contributed by atoms with Crippen molar-refractivity contribution in [1.29, 1.82) is 5.26 Å². The molecule has 0 heterocycles. The molecule has 1 aliphatic carbocycles. The third-order valence-corrected chi connectivity index (χ3v) is 2.33. The number of hydrogen-bond acceptors (Lipinski definition) is 3. The van der Waals surface area contributed by atoms with Crippen LogP contribution < -0.4 is 10.6 Å². The molecule has 0 bridgehead atoms. The van der Waals surface area contributed by atoms with E-state index in [1.807, 2.05) is 6.07 Å². The van der Waals surface area contributed by atoms with E-state index < -0.39 is 0 Å². The van der Waals surface area contributed by atoms with E-state index in [2.05, 4.69) is 17.6 Å². The predicted molar refractivity (Wildman–Crippen MR) is 48.8 cm³/mol. The Labute approximate surface area is 78.3 Å². The van der Waals surface area contributed by atoms with Gasteiger partial charge in [-0.2, -0.15) is 5.26 Å². The number of carbonyl (C=O) groups is 1. The first-order valence-corrected chi connectivity index (χ1v) is 4.58. The summed E-state index contributed by atoms with van der Waals surface area (Å²) in [6, 6.07) is 1.86. The molecule has 13 heavy (non-hydrogen) atoms. The molecule has 0 aliphatic heterocycles. The molecular formula is C9H15N3O. The lowest BCUT2D eigenvalue weighted by atomic mass is 10.3. The molecule has 1 fully saturated rings. The fraction of sp³-hybridized carbons (Fsp3) is 0.778. The molecule has 72 valence electrons. The van der Waals surface area contributed by atoms with Crippen LogP contribution in [0.5, 0.6) is 0 Å². The van der Waals surface area contributed by atoms with E-state index in [1.165, 1.54) is 6.42 Å². The number of nitrogens with zero attached hydrogens (tertiary/aromatic N) is 1. The van der Waals surface area contributed by atoms with Crippen LogP contribution in [-0.4, -0.2) is 25.5 Å². The topological polar surface area (TPSA) is 64.9 Å². The molecule has 1 amide bonds. The van der Waals surface area contributed by atoms with Crippen molar-refractivity contribution in [1.82, 2.24) is 10.6 Å². The van der Waals surface area contributed by atoms with Gasteiger partial charge in [0.05, 0.1) is 12.6 Å². The van der Waals surface area contributed by atoms with Crippen LogP contribution in [0.2, 0.25) is 0 Å². The molecule has 2 unspecified atom stereocenters. The van der Waals surface area contributed by atoms with Gasteiger partial charge in [0.15, 0.2) is 0 Å². The fourth-order valence-corrected chi connectivity index (χ4v) is 1.26. The Balaban J connectivity index is 1.93. The number of nitrogens with one attached hydrogen (secondary N) is 2. The van der Waals surface area contributed by atoms with Crippen molar-refractivity contribution in [3.8, 4) is 6.07 Å². The van der Waals surface area contributed by atoms with Crippen LogP contribution in [0.1, 0.15) is 13.3 Å². The van der Waals surface area contributed by atoms with Crippen LogP contribution in [-0.2, 0) is 4.79 Å². The Hall–Kier alpha value is -1.08. The normalized spacial score (nSPS) is 24.9. The van der Waals surface area contributed by atoms with Crippen molar-refractivity contribution in [3.63, 3.8) is 0 Å². The van der Waals surface area contributed by atoms with Gasteiger partial charge in [0.1, 0.15) is 6.54 Å². The quantitative estimate of drug-likeness (QED) is 0.581. The molecule has 0 spiro atoms. The van der Waals surface area contributed by atoms with E-state index >= 15 is 0 Å². The van der Waals surface area contributed by atoms with Crippen molar-refractivity contribution < 1.29 is 4.79 Å². The highest BCUT2D eigenvalue weighted by Gasteiger charge is 2.31. The van der Waals surface area contributed by atoms with Crippen LogP contribution in [0.3, 0.4) is 0 Å². The summed E-state index contributed by atoms with van der Waals surface area (Å²) >= 11 is 0. The first-order valence-electron chi connectivity index (χ1n) is 4.58. The zero-order chi connectivity index (χ0) is 9.68. The van der Waals surface area contributed by atoms with Gasteiger partial charge in [-0.25, -0.2) is 0 Å². The fourth-order valence-electron chi connectivity index (χ4n) is 1.26. The lowest BCUT2D eigenvalue weighted by Crippen LogP contribution is -2.34. The maximum absolute atomic E-state index is 11.0. The molecule has 0 radical (unpaired) electrons. The van der Waals surface area contributed by atoms with Gasteiger partial charge in [-0.1, -0.05) is 6.92 Å². The Morgan fingerprint density at radius 1 is 1.69 bits per heavy atom. The average molecular weight is 181 g/mol. The Morgan fingerprint density at radius 3 is 2.92 bits per heavy atom. The first kappa shape index (κ1) is 10.0. The van der Waals surface area contributed by atoms with Gasteiger partial charge in [-0.3, -0.25) is 4.79 Å². The molecule has 0 aromatic heterocycles. The number of hydrogen-bond donors (Lipinski definition) is 2. The molecule has 0 aromatic carbocycles. The van der Waals surface area contributed by atoms with Crippen LogP contribution in [0.25, 0.3) is 0 Å². The summed E-state index contributed by atoms with van der Waals surface area (Å²) in [6.45, 7) is 3.55. The van der Waals surface area contributed by atoms with E-state index in [4.69, 9.17) is 5.26 Å². The summed E-state index contributed by atoms with van der Waals surface area (Å²) in [5.41, 5.74) is 0. The molecule has 2 N–H and O–H groups in total. The first-order chi connectivity index (χ1) is 6.24. The van der Waals surface area contributed by atoms with E-state index in [-0.39, 0.29) is 12.5 Å². The van der Waals surface area contributed by atoms with Crippen molar-refractivity contribution in [2.24, 2.45) is 11.8 Å². The second-order valence-corrected chi connectivity index (χ2v) is 3.54. The molecule has 0 aromatic rings. The average Bonchev–Trinajstić information content (AvgIpc) is 2.79. The molecule has 0 saturated heterocycles. The van der Waals surface area contributed by atoms with Gasteiger partial charge in [0, 0.05) is 0 Å². The van der Waals surface area contributed by atoms with Crippen LogP contribution >= 0.6 is 0 Å². The van der Waals surface area contributed by atoms with Crippen molar-refractivity contribution in [3.05, 3.63) is 0 Å². The molecule has 1 saturated carbocycles. The minimum atomic E-state index is -0.102. The maximum atomic E-state index is 11.0. The van der Waals surface area contributed by atoms with Gasteiger partial charge >= 0.3 is 0 Å². The van der Waals surface area contributed by atoms with Crippen LogP contribution in [0, 0.1) is 23.2 Å². The van der Waals surface area contributed by atoms with E-state index in [0.29, 0.717) is 6.54 Å². The largest absolute Gasteiger partial charge is 0.342 e. The predicted octanol–water partition coefficient (Wildman–Crippen LogP) is -0.128. The van der Waals surface area contributed by atoms with Crippen LogP contribution in [0.4, 0.5) is 0 Å². The highest BCUT2D eigenvalue weighted by atomic mass is 16.1. The number of rotatable bonds is 5. The zero-order valence-corrected chi connectivity index (χ0v) is 7.84. The number of carbonyl (C=O) groups excluding carboxylic acids is 1. The number of amides is 1. The highest BCUT2D eigenvalue weighted by Crippen LogP contribution is 2.36. The lowest BCUT2D eigenvalue weighted by molar-refractivity contribution is -0.120. The van der Waals surface area contributed by atoms with E-state index in [9.17, 15) is 4.79 Å². The summed E-state index contributed by atoms with van der Waals surface area (Å²) in [6.07, 6.45) is 1.27. The van der Waals surface area contributed by atoms with Crippen LogP contribution in [0.15, 0.2) is 0 Å². The Bertz CT molecular complexity index is 221. The summed E-state index contributed by atoms with van der Waals surface area (Å²) in [7, 11) is 0. The summed E-state index contributed by atoms with van der Waals surface area (Å²) in [4.78, 5) is 11.0. The minimum Gasteiger partial charge on any atom is -0.342 e.